The van der Waals surface area contributed by atoms with Crippen molar-refractivity contribution in [2.75, 3.05) is 17.7 Å². The van der Waals surface area contributed by atoms with Crippen LogP contribution in [-0.2, 0) is 18.4 Å². The molecule has 0 fully saturated rings. The normalized spacial score (nSPS) is 11.5. The maximum absolute atomic E-state index is 6.17. The van der Waals surface area contributed by atoms with Gasteiger partial charge in [0.15, 0.2) is 0 Å². The third-order valence-corrected chi connectivity index (χ3v) is 3.46. The second-order valence-corrected chi connectivity index (χ2v) is 6.39. The van der Waals surface area contributed by atoms with Gasteiger partial charge in [-0.25, -0.2) is 4.98 Å². The third kappa shape index (κ3) is 3.46. The van der Waals surface area contributed by atoms with Crippen molar-refractivity contribution in [1.29, 1.82) is 0 Å². The molecule has 0 unspecified atom stereocenters. The number of thioether (sulfide) groups is 1. The van der Waals surface area contributed by atoms with E-state index in [0.29, 0.717) is 6.54 Å². The van der Waals surface area contributed by atoms with Crippen LogP contribution in [0, 0.1) is 12.3 Å². The first-order valence-electron chi connectivity index (χ1n) is 6.19. The molecule has 18 heavy (non-hydrogen) atoms. The molecule has 0 bridgehead atoms. The van der Waals surface area contributed by atoms with Gasteiger partial charge in [-0.1, -0.05) is 26.7 Å². The summed E-state index contributed by atoms with van der Waals surface area (Å²) in [5.74, 6) is 5.51. The van der Waals surface area contributed by atoms with Gasteiger partial charge in [0, 0.05) is 5.41 Å². The monoisotopic (exact) mass is 265 g/mol. The summed E-state index contributed by atoms with van der Waals surface area (Å²) < 4.78 is 1.97. The van der Waals surface area contributed by atoms with Crippen LogP contribution in [0.5, 0.6) is 0 Å². The number of nitrogens with zero attached hydrogens (tertiary/aromatic N) is 2. The topological polar surface area (TPSA) is 43.8 Å². The molecular weight excluding hydrogens is 242 g/mol. The number of rotatable bonds is 5. The molecular formula is C14H23N3S. The molecule has 1 aromatic heterocycles. The Morgan fingerprint density at radius 3 is 2.61 bits per heavy atom. The third-order valence-electron chi connectivity index (χ3n) is 2.77. The zero-order chi connectivity index (χ0) is 13.8. The Morgan fingerprint density at radius 1 is 1.44 bits per heavy atom. The number of imidazole rings is 1. The Kier molecular flexibility index (Phi) is 5.15. The summed E-state index contributed by atoms with van der Waals surface area (Å²) in [4.78, 5) is 4.70. The van der Waals surface area contributed by atoms with E-state index >= 15 is 0 Å². The lowest BCUT2D eigenvalue weighted by Crippen LogP contribution is -2.19. The molecule has 1 heterocycles. The van der Waals surface area contributed by atoms with E-state index in [4.69, 9.17) is 17.1 Å². The van der Waals surface area contributed by atoms with Crippen molar-refractivity contribution in [3.8, 4) is 12.3 Å². The highest BCUT2D eigenvalue weighted by Gasteiger charge is 2.24. The van der Waals surface area contributed by atoms with Gasteiger partial charge in [0.25, 0.3) is 0 Å². The SMILES string of the molecule is C#CCn1c(C(C)(C)C)nc(CCCSC)c1N. The predicted molar refractivity (Wildman–Crippen MR) is 80.9 cm³/mol. The van der Waals surface area contributed by atoms with Gasteiger partial charge in [-0.3, -0.25) is 0 Å². The van der Waals surface area contributed by atoms with E-state index in [-0.39, 0.29) is 5.41 Å². The fourth-order valence-electron chi connectivity index (χ4n) is 1.91. The highest BCUT2D eigenvalue weighted by molar-refractivity contribution is 7.98. The van der Waals surface area contributed by atoms with Gasteiger partial charge >= 0.3 is 0 Å². The number of terminal acetylenes is 1. The molecule has 0 atom stereocenters. The summed E-state index contributed by atoms with van der Waals surface area (Å²) in [7, 11) is 0. The summed E-state index contributed by atoms with van der Waals surface area (Å²) >= 11 is 1.85. The second-order valence-electron chi connectivity index (χ2n) is 5.40. The maximum Gasteiger partial charge on any atom is 0.127 e. The van der Waals surface area contributed by atoms with E-state index in [9.17, 15) is 0 Å². The van der Waals surface area contributed by atoms with Crippen molar-refractivity contribution in [3.63, 3.8) is 0 Å². The largest absolute Gasteiger partial charge is 0.384 e. The molecule has 4 heteroatoms. The summed E-state index contributed by atoms with van der Waals surface area (Å²) in [5.41, 5.74) is 7.12. The Bertz CT molecular complexity index is 435. The van der Waals surface area contributed by atoms with E-state index in [2.05, 4.69) is 32.9 Å². The van der Waals surface area contributed by atoms with E-state index in [1.165, 1.54) is 0 Å². The van der Waals surface area contributed by atoms with Crippen LogP contribution in [0.25, 0.3) is 0 Å². The quantitative estimate of drug-likeness (QED) is 0.657. The van der Waals surface area contributed by atoms with Gasteiger partial charge in [0.1, 0.15) is 11.6 Å². The number of nitrogen functional groups attached to an aromatic ring is 1. The highest BCUT2D eigenvalue weighted by atomic mass is 32.2. The van der Waals surface area contributed by atoms with Crippen LogP contribution in [0.2, 0.25) is 0 Å². The first kappa shape index (κ1) is 15.0. The number of nitrogens with two attached hydrogens (primary N) is 1. The van der Waals surface area contributed by atoms with Crippen molar-refractivity contribution in [2.24, 2.45) is 0 Å². The molecule has 0 amide bonds. The maximum atomic E-state index is 6.17. The average molecular weight is 265 g/mol. The number of hydrogen-bond donors (Lipinski definition) is 1. The standard InChI is InChI=1S/C14H23N3S/c1-6-9-17-12(15)11(8-7-10-18-5)16-13(17)14(2,3)4/h1H,7-10,15H2,2-5H3. The molecule has 3 nitrogen and oxygen atoms in total. The van der Waals surface area contributed by atoms with Crippen LogP contribution >= 0.6 is 11.8 Å². The molecule has 0 aliphatic heterocycles. The molecule has 0 aliphatic rings. The molecule has 1 rings (SSSR count). The molecule has 1 aromatic rings. The van der Waals surface area contributed by atoms with Gasteiger partial charge in [-0.05, 0) is 24.9 Å². The van der Waals surface area contributed by atoms with Gasteiger partial charge in [0.2, 0.25) is 0 Å². The van der Waals surface area contributed by atoms with Crippen LogP contribution in [0.1, 0.15) is 38.7 Å². The number of aromatic nitrogens is 2. The van der Waals surface area contributed by atoms with Crippen LogP contribution < -0.4 is 5.73 Å². The molecule has 0 saturated heterocycles. The van der Waals surface area contributed by atoms with E-state index in [1.807, 2.05) is 16.3 Å². The molecule has 2 N–H and O–H groups in total. The van der Waals surface area contributed by atoms with Crippen molar-refractivity contribution in [3.05, 3.63) is 11.5 Å². The first-order valence-corrected chi connectivity index (χ1v) is 7.59. The van der Waals surface area contributed by atoms with E-state index in [0.717, 1.165) is 35.9 Å². The van der Waals surface area contributed by atoms with Gasteiger partial charge in [0.05, 0.1) is 12.2 Å². The summed E-state index contributed by atoms with van der Waals surface area (Å²) in [6, 6.07) is 0. The van der Waals surface area contributed by atoms with Crippen molar-refractivity contribution < 1.29 is 0 Å². The lowest BCUT2D eigenvalue weighted by molar-refractivity contribution is 0.516. The molecule has 0 aliphatic carbocycles. The summed E-state index contributed by atoms with van der Waals surface area (Å²) in [5, 5.41) is 0. The zero-order valence-corrected chi connectivity index (χ0v) is 12.6. The van der Waals surface area contributed by atoms with Crippen molar-refractivity contribution in [2.45, 2.75) is 45.6 Å². The summed E-state index contributed by atoms with van der Waals surface area (Å²) in [6.45, 7) is 6.89. The van der Waals surface area contributed by atoms with Gasteiger partial charge in [-0.15, -0.1) is 6.42 Å². The fraction of sp³-hybridized carbons (Fsp3) is 0.643. The second kappa shape index (κ2) is 6.19. The smallest absolute Gasteiger partial charge is 0.127 e. The van der Waals surface area contributed by atoms with E-state index in [1.54, 1.807) is 0 Å². The van der Waals surface area contributed by atoms with Crippen molar-refractivity contribution in [1.82, 2.24) is 9.55 Å². The predicted octanol–water partition coefficient (Wildman–Crippen LogP) is 2.69. The van der Waals surface area contributed by atoms with E-state index < -0.39 is 0 Å². The van der Waals surface area contributed by atoms with Crippen LogP contribution in [-0.4, -0.2) is 21.6 Å². The minimum absolute atomic E-state index is 0.0390. The average Bonchev–Trinajstić information content (AvgIpc) is 2.58. The van der Waals surface area contributed by atoms with Gasteiger partial charge < -0.3 is 10.3 Å². The Labute approximate surface area is 115 Å². The number of anilines is 1. The zero-order valence-electron chi connectivity index (χ0n) is 11.8. The lowest BCUT2D eigenvalue weighted by Gasteiger charge is -2.19. The van der Waals surface area contributed by atoms with Gasteiger partial charge in [-0.2, -0.15) is 11.8 Å². The highest BCUT2D eigenvalue weighted by Crippen LogP contribution is 2.26. The first-order chi connectivity index (χ1) is 8.41. The fourth-order valence-corrected chi connectivity index (χ4v) is 2.34. The van der Waals surface area contributed by atoms with Crippen molar-refractivity contribution >= 4 is 17.6 Å². The minimum Gasteiger partial charge on any atom is -0.384 e. The number of aryl methyl sites for hydroxylation is 1. The lowest BCUT2D eigenvalue weighted by atomic mass is 9.95. The summed E-state index contributed by atoms with van der Waals surface area (Å²) in [6.07, 6.45) is 9.55. The molecule has 0 spiro atoms. The minimum atomic E-state index is -0.0390. The van der Waals surface area contributed by atoms with Crippen LogP contribution in [0.3, 0.4) is 0 Å². The molecule has 0 aromatic carbocycles. The molecule has 100 valence electrons. The van der Waals surface area contributed by atoms with Crippen LogP contribution in [0.4, 0.5) is 5.82 Å². The Balaban J connectivity index is 3.04. The van der Waals surface area contributed by atoms with Crippen LogP contribution in [0.15, 0.2) is 0 Å². The molecule has 0 saturated carbocycles. The Morgan fingerprint density at radius 2 is 2.11 bits per heavy atom. The number of hydrogen-bond acceptors (Lipinski definition) is 3. The molecule has 0 radical (unpaired) electrons. The Hall–Kier alpha value is -1.08.